The van der Waals surface area contributed by atoms with Gasteiger partial charge in [0.1, 0.15) is 11.3 Å². The number of nitrogen functional groups attached to an aromatic ring is 1. The summed E-state index contributed by atoms with van der Waals surface area (Å²) in [6, 6.07) is 10.4. The summed E-state index contributed by atoms with van der Waals surface area (Å²) in [6.45, 7) is 2.58. The summed E-state index contributed by atoms with van der Waals surface area (Å²) in [7, 11) is 1.74. The molecule has 30 heavy (non-hydrogen) atoms. The third-order valence-electron chi connectivity index (χ3n) is 5.64. The zero-order valence-corrected chi connectivity index (χ0v) is 18.5. The predicted octanol–water partition coefficient (Wildman–Crippen LogP) is 4.16. The monoisotopic (exact) mass is 425 g/mol. The third-order valence-corrected chi connectivity index (χ3v) is 6.50. The molecule has 0 atom stereocenters. The van der Waals surface area contributed by atoms with E-state index < -0.39 is 0 Å². The Kier molecular flexibility index (Phi) is 7.25. The summed E-state index contributed by atoms with van der Waals surface area (Å²) >= 11 is 1.70. The Morgan fingerprint density at radius 2 is 1.97 bits per heavy atom. The first-order valence-corrected chi connectivity index (χ1v) is 11.7. The number of nitrogens with one attached hydrogen (secondary N) is 1. The van der Waals surface area contributed by atoms with Gasteiger partial charge in [0.25, 0.3) is 0 Å². The number of methoxy groups -OCH3 is 1. The second-order valence-corrected chi connectivity index (χ2v) is 8.73. The molecule has 6 nitrogen and oxygen atoms in total. The summed E-state index contributed by atoms with van der Waals surface area (Å²) in [5, 5.41) is 0. The fraction of sp³-hybridized carbons (Fsp3) is 0.478. The van der Waals surface area contributed by atoms with E-state index in [1.807, 2.05) is 6.07 Å². The number of pyridine rings is 1. The molecule has 1 aromatic carbocycles. The van der Waals surface area contributed by atoms with Crippen molar-refractivity contribution in [1.82, 2.24) is 19.3 Å². The van der Waals surface area contributed by atoms with Gasteiger partial charge in [0, 0.05) is 37.2 Å². The third kappa shape index (κ3) is 4.79. The van der Waals surface area contributed by atoms with Crippen molar-refractivity contribution in [3.05, 3.63) is 47.4 Å². The number of benzene rings is 1. The van der Waals surface area contributed by atoms with Crippen molar-refractivity contribution in [1.29, 1.82) is 0 Å². The van der Waals surface area contributed by atoms with Crippen LogP contribution in [0.2, 0.25) is 0 Å². The van der Waals surface area contributed by atoms with Gasteiger partial charge in [0.15, 0.2) is 5.82 Å². The molecule has 7 heteroatoms. The number of ether oxygens (including phenoxy) is 1. The van der Waals surface area contributed by atoms with E-state index >= 15 is 0 Å². The number of fused-ring (bicyclic) bond motifs is 3. The van der Waals surface area contributed by atoms with Crippen LogP contribution in [0.15, 0.2) is 35.2 Å². The zero-order chi connectivity index (χ0) is 20.8. The number of aromatic nitrogens is 3. The first kappa shape index (κ1) is 21.2. The molecule has 0 unspecified atom stereocenters. The van der Waals surface area contributed by atoms with E-state index in [2.05, 4.69) is 38.5 Å². The van der Waals surface area contributed by atoms with Crippen LogP contribution < -0.4 is 10.5 Å². The van der Waals surface area contributed by atoms with E-state index in [9.17, 15) is 0 Å². The number of hydrogen-bond acceptors (Lipinski definition) is 6. The average Bonchev–Trinajstić information content (AvgIpc) is 3.15. The lowest BCUT2D eigenvalue weighted by atomic mass is 9.95. The number of rotatable bonds is 10. The molecule has 4 rings (SSSR count). The van der Waals surface area contributed by atoms with Gasteiger partial charge in [0.2, 0.25) is 0 Å². The number of aryl methyl sites for hydroxylation is 3. The highest BCUT2D eigenvalue weighted by atomic mass is 32.2. The van der Waals surface area contributed by atoms with Gasteiger partial charge in [-0.05, 0) is 68.2 Å². The molecule has 0 spiro atoms. The minimum atomic E-state index is 0.573. The summed E-state index contributed by atoms with van der Waals surface area (Å²) in [6.07, 6.45) is 7.49. The summed E-state index contributed by atoms with van der Waals surface area (Å²) in [5.74, 6) is 1.63. The second-order valence-electron chi connectivity index (χ2n) is 7.77. The SMILES string of the molecule is COCCc1nc2c(N)nc3c(c2n1CCCCNSc1ccccc1)CCCC3. The Morgan fingerprint density at radius 1 is 1.13 bits per heavy atom. The van der Waals surface area contributed by atoms with Gasteiger partial charge in [-0.15, -0.1) is 0 Å². The number of unbranched alkanes of at least 4 members (excludes halogenated alkanes) is 1. The van der Waals surface area contributed by atoms with Crippen LogP contribution in [0.25, 0.3) is 11.0 Å². The van der Waals surface area contributed by atoms with Crippen LogP contribution in [0.4, 0.5) is 5.82 Å². The molecule has 0 amide bonds. The number of nitrogens with two attached hydrogens (primary N) is 1. The van der Waals surface area contributed by atoms with Crippen molar-refractivity contribution in [2.45, 2.75) is 56.4 Å². The Morgan fingerprint density at radius 3 is 2.80 bits per heavy atom. The van der Waals surface area contributed by atoms with Gasteiger partial charge in [0.05, 0.1) is 12.1 Å². The van der Waals surface area contributed by atoms with Gasteiger partial charge in [-0.2, -0.15) is 0 Å². The standard InChI is InChI=1S/C23H31N5OS/c1-29-16-13-20-27-21-22(18-11-5-6-12-19(18)26-23(21)24)28(20)15-8-7-14-25-30-17-9-3-2-4-10-17/h2-4,9-10,25H,5-8,11-16H2,1H3,(H2,24,26). The Hall–Kier alpha value is -2.09. The lowest BCUT2D eigenvalue weighted by molar-refractivity contribution is 0.199. The fourth-order valence-electron chi connectivity index (χ4n) is 4.16. The van der Waals surface area contributed by atoms with Gasteiger partial charge >= 0.3 is 0 Å². The van der Waals surface area contributed by atoms with Crippen molar-refractivity contribution >= 4 is 28.8 Å². The molecule has 0 saturated carbocycles. The molecule has 3 N–H and O–H groups in total. The largest absolute Gasteiger partial charge is 0.384 e. The van der Waals surface area contributed by atoms with Gasteiger partial charge < -0.3 is 15.0 Å². The van der Waals surface area contributed by atoms with Crippen molar-refractivity contribution in [3.63, 3.8) is 0 Å². The zero-order valence-electron chi connectivity index (χ0n) is 17.7. The van der Waals surface area contributed by atoms with Crippen molar-refractivity contribution in [3.8, 4) is 0 Å². The summed E-state index contributed by atoms with van der Waals surface area (Å²) < 4.78 is 11.2. The van der Waals surface area contributed by atoms with Crippen LogP contribution in [0.5, 0.6) is 0 Å². The predicted molar refractivity (Wildman–Crippen MR) is 124 cm³/mol. The molecular weight excluding hydrogens is 394 g/mol. The summed E-state index contributed by atoms with van der Waals surface area (Å²) in [5.41, 5.74) is 10.9. The van der Waals surface area contributed by atoms with Crippen LogP contribution in [0.3, 0.4) is 0 Å². The molecule has 2 heterocycles. The number of hydrogen-bond donors (Lipinski definition) is 2. The quantitative estimate of drug-likeness (QED) is 0.375. The number of imidazole rings is 1. The van der Waals surface area contributed by atoms with Gasteiger partial charge in [-0.1, -0.05) is 18.2 Å². The molecule has 1 aliphatic rings. The van der Waals surface area contributed by atoms with Crippen LogP contribution in [0, 0.1) is 0 Å². The Labute approximate surface area is 182 Å². The lowest BCUT2D eigenvalue weighted by Gasteiger charge is -2.18. The highest BCUT2D eigenvalue weighted by Crippen LogP contribution is 2.32. The van der Waals surface area contributed by atoms with Crippen LogP contribution in [-0.2, 0) is 30.5 Å². The topological polar surface area (TPSA) is 78.0 Å². The smallest absolute Gasteiger partial charge is 0.151 e. The van der Waals surface area contributed by atoms with E-state index in [0.29, 0.717) is 12.4 Å². The van der Waals surface area contributed by atoms with E-state index in [4.69, 9.17) is 15.5 Å². The minimum Gasteiger partial charge on any atom is -0.384 e. The minimum absolute atomic E-state index is 0.573. The molecule has 160 valence electrons. The highest BCUT2D eigenvalue weighted by Gasteiger charge is 2.22. The van der Waals surface area contributed by atoms with E-state index in [1.54, 1.807) is 19.1 Å². The Bertz CT molecular complexity index is 973. The lowest BCUT2D eigenvalue weighted by Crippen LogP contribution is -2.13. The maximum Gasteiger partial charge on any atom is 0.151 e. The second kappa shape index (κ2) is 10.3. The van der Waals surface area contributed by atoms with Crippen LogP contribution in [-0.4, -0.2) is 34.8 Å². The van der Waals surface area contributed by atoms with Crippen molar-refractivity contribution < 1.29 is 4.74 Å². The molecular formula is C23H31N5OS. The molecule has 0 fully saturated rings. The Balaban J connectivity index is 1.46. The number of anilines is 1. The van der Waals surface area contributed by atoms with Gasteiger partial charge in [-0.3, -0.25) is 4.72 Å². The van der Waals surface area contributed by atoms with E-state index in [0.717, 1.165) is 56.5 Å². The molecule has 3 aromatic rings. The number of nitrogens with zero attached hydrogens (tertiary/aromatic N) is 3. The molecule has 0 aliphatic heterocycles. The van der Waals surface area contributed by atoms with Crippen molar-refractivity contribution in [2.24, 2.45) is 0 Å². The van der Waals surface area contributed by atoms with Crippen molar-refractivity contribution in [2.75, 3.05) is 26.0 Å². The molecule has 0 radical (unpaired) electrons. The molecule has 0 bridgehead atoms. The maximum absolute atomic E-state index is 6.31. The normalized spacial score (nSPS) is 13.6. The first-order valence-electron chi connectivity index (χ1n) is 10.9. The fourth-order valence-corrected chi connectivity index (χ4v) is 4.87. The molecule has 1 aliphatic carbocycles. The van der Waals surface area contributed by atoms with Crippen LogP contribution >= 0.6 is 11.9 Å². The highest BCUT2D eigenvalue weighted by molar-refractivity contribution is 7.97. The average molecular weight is 426 g/mol. The van der Waals surface area contributed by atoms with E-state index in [-0.39, 0.29) is 0 Å². The van der Waals surface area contributed by atoms with E-state index in [1.165, 1.54) is 34.5 Å². The van der Waals surface area contributed by atoms with Gasteiger partial charge in [-0.25, -0.2) is 9.97 Å². The first-order chi connectivity index (χ1) is 14.8. The molecule has 0 saturated heterocycles. The maximum atomic E-state index is 6.31. The van der Waals surface area contributed by atoms with Crippen LogP contribution in [0.1, 0.15) is 42.8 Å². The molecule has 2 aromatic heterocycles. The summed E-state index contributed by atoms with van der Waals surface area (Å²) in [4.78, 5) is 10.8.